The van der Waals surface area contributed by atoms with Crippen molar-refractivity contribution in [3.8, 4) is 5.75 Å². The van der Waals surface area contributed by atoms with Gasteiger partial charge < -0.3 is 19.5 Å². The molecule has 144 valence electrons. The summed E-state index contributed by atoms with van der Waals surface area (Å²) in [6.45, 7) is 5.05. The second-order valence-corrected chi connectivity index (χ2v) is 6.48. The Morgan fingerprint density at radius 1 is 1.04 bits per heavy atom. The molecule has 1 aromatic heterocycles. The highest BCUT2D eigenvalue weighted by atomic mass is 32.1. The minimum Gasteiger partial charge on any atom is -0.490 e. The maximum Gasteiger partial charge on any atom is 0.348 e. The second kappa shape index (κ2) is 9.72. The van der Waals surface area contributed by atoms with E-state index in [0.717, 1.165) is 11.3 Å². The van der Waals surface area contributed by atoms with Crippen LogP contribution in [-0.4, -0.2) is 37.7 Å². The van der Waals surface area contributed by atoms with E-state index in [4.69, 9.17) is 14.2 Å². The third-order valence-electron chi connectivity index (χ3n) is 3.43. The molecule has 0 saturated heterocycles. The molecule has 2 aromatic rings. The highest BCUT2D eigenvalue weighted by Crippen LogP contribution is 2.34. The predicted molar refractivity (Wildman–Crippen MR) is 102 cm³/mol. The number of carbonyl (C=O) groups excluding carboxylic acids is 3. The lowest BCUT2D eigenvalue weighted by atomic mass is 10.1. The number of rotatable bonds is 8. The van der Waals surface area contributed by atoms with Gasteiger partial charge in [-0.05, 0) is 31.5 Å². The molecule has 7 nitrogen and oxygen atoms in total. The lowest BCUT2D eigenvalue weighted by Crippen LogP contribution is -2.13. The van der Waals surface area contributed by atoms with Crippen LogP contribution in [0.2, 0.25) is 0 Å². The summed E-state index contributed by atoms with van der Waals surface area (Å²) in [6.07, 6.45) is 0. The topological polar surface area (TPSA) is 90.9 Å². The van der Waals surface area contributed by atoms with Crippen molar-refractivity contribution >= 4 is 34.2 Å². The molecule has 1 aromatic carbocycles. The van der Waals surface area contributed by atoms with Gasteiger partial charge in [0.15, 0.2) is 0 Å². The largest absolute Gasteiger partial charge is 0.490 e. The van der Waals surface area contributed by atoms with E-state index in [-0.39, 0.29) is 41.2 Å². The van der Waals surface area contributed by atoms with Gasteiger partial charge in [0.25, 0.3) is 0 Å². The van der Waals surface area contributed by atoms with Gasteiger partial charge in [0, 0.05) is 6.92 Å². The number of nitrogens with one attached hydrogen (secondary N) is 1. The van der Waals surface area contributed by atoms with Crippen LogP contribution in [0.3, 0.4) is 0 Å². The summed E-state index contributed by atoms with van der Waals surface area (Å²) >= 11 is 0.983. The molecule has 1 N–H and O–H groups in total. The van der Waals surface area contributed by atoms with Crippen LogP contribution >= 0.6 is 11.3 Å². The number of para-hydroxylation sites is 1. The monoisotopic (exact) mass is 391 g/mol. The molecule has 0 radical (unpaired) electrons. The van der Waals surface area contributed by atoms with E-state index >= 15 is 0 Å². The third kappa shape index (κ3) is 5.55. The summed E-state index contributed by atoms with van der Waals surface area (Å²) in [5, 5.41) is 2.83. The van der Waals surface area contributed by atoms with Gasteiger partial charge >= 0.3 is 11.9 Å². The average Bonchev–Trinajstić information content (AvgIpc) is 2.95. The lowest BCUT2D eigenvalue weighted by molar-refractivity contribution is -0.114. The van der Waals surface area contributed by atoms with Gasteiger partial charge in [0.2, 0.25) is 5.91 Å². The van der Waals surface area contributed by atoms with Crippen LogP contribution in [0.5, 0.6) is 5.75 Å². The number of hydrogen-bond donors (Lipinski definition) is 1. The Bertz CT molecular complexity index is 815. The fraction of sp³-hybridized carbons (Fsp3) is 0.316. The number of anilines is 1. The van der Waals surface area contributed by atoms with E-state index < -0.39 is 11.9 Å². The van der Waals surface area contributed by atoms with Crippen molar-refractivity contribution in [1.29, 1.82) is 0 Å². The van der Waals surface area contributed by atoms with Crippen molar-refractivity contribution in [2.45, 2.75) is 20.8 Å². The van der Waals surface area contributed by atoms with Crippen LogP contribution in [0.15, 0.2) is 30.3 Å². The maximum atomic E-state index is 12.4. The quantitative estimate of drug-likeness (QED) is 0.548. The molecule has 0 aliphatic carbocycles. The fourth-order valence-corrected chi connectivity index (χ4v) is 3.42. The highest BCUT2D eigenvalue weighted by molar-refractivity contribution is 7.18. The van der Waals surface area contributed by atoms with Gasteiger partial charge in [-0.15, -0.1) is 11.3 Å². The fourth-order valence-electron chi connectivity index (χ4n) is 2.28. The molecule has 27 heavy (non-hydrogen) atoms. The average molecular weight is 391 g/mol. The van der Waals surface area contributed by atoms with E-state index in [1.165, 1.54) is 6.92 Å². The van der Waals surface area contributed by atoms with Gasteiger partial charge in [-0.1, -0.05) is 18.2 Å². The molecule has 0 aliphatic rings. The normalized spacial score (nSPS) is 10.2. The number of ether oxygens (including phenoxy) is 3. The highest BCUT2D eigenvalue weighted by Gasteiger charge is 2.26. The van der Waals surface area contributed by atoms with Gasteiger partial charge in [-0.2, -0.15) is 0 Å². The van der Waals surface area contributed by atoms with Crippen molar-refractivity contribution in [2.24, 2.45) is 0 Å². The van der Waals surface area contributed by atoms with Crippen LogP contribution in [0.25, 0.3) is 0 Å². The van der Waals surface area contributed by atoms with Crippen LogP contribution in [0.4, 0.5) is 5.00 Å². The van der Waals surface area contributed by atoms with Crippen molar-refractivity contribution in [2.75, 3.05) is 25.1 Å². The first-order chi connectivity index (χ1) is 12.9. The van der Waals surface area contributed by atoms with Crippen LogP contribution in [-0.2, 0) is 14.3 Å². The SMILES string of the molecule is CCOC(=O)c1c(NC(C)=O)sc(C(=O)OCCOc2ccccc2)c1C. The van der Waals surface area contributed by atoms with Crippen molar-refractivity contribution < 1.29 is 28.6 Å². The van der Waals surface area contributed by atoms with Crippen molar-refractivity contribution in [3.05, 3.63) is 46.3 Å². The van der Waals surface area contributed by atoms with Gasteiger partial charge in [-0.25, -0.2) is 9.59 Å². The number of esters is 2. The molecular weight excluding hydrogens is 370 g/mol. The van der Waals surface area contributed by atoms with Crippen LogP contribution in [0.1, 0.15) is 39.4 Å². The second-order valence-electron chi connectivity index (χ2n) is 5.46. The smallest absolute Gasteiger partial charge is 0.348 e. The molecule has 0 unspecified atom stereocenters. The van der Waals surface area contributed by atoms with Crippen LogP contribution < -0.4 is 10.1 Å². The summed E-state index contributed by atoms with van der Waals surface area (Å²) in [6, 6.07) is 9.17. The Morgan fingerprint density at radius 3 is 2.37 bits per heavy atom. The molecule has 2 rings (SSSR count). The van der Waals surface area contributed by atoms with E-state index in [1.807, 2.05) is 18.2 Å². The van der Waals surface area contributed by atoms with Gasteiger partial charge in [0.05, 0.1) is 12.2 Å². The number of carbonyl (C=O) groups is 3. The Morgan fingerprint density at radius 2 is 1.74 bits per heavy atom. The Hall–Kier alpha value is -2.87. The van der Waals surface area contributed by atoms with Crippen molar-refractivity contribution in [3.63, 3.8) is 0 Å². The van der Waals surface area contributed by atoms with E-state index in [1.54, 1.807) is 26.0 Å². The summed E-state index contributed by atoms with van der Waals surface area (Å²) in [5.74, 6) is -0.853. The number of thiophene rings is 1. The molecule has 0 bridgehead atoms. The molecule has 1 heterocycles. The molecule has 1 amide bonds. The molecule has 0 saturated carbocycles. The predicted octanol–water partition coefficient (Wildman–Crippen LogP) is 3.43. The van der Waals surface area contributed by atoms with Crippen molar-refractivity contribution in [1.82, 2.24) is 0 Å². The summed E-state index contributed by atoms with van der Waals surface area (Å²) in [5.41, 5.74) is 0.584. The van der Waals surface area contributed by atoms with E-state index in [0.29, 0.717) is 11.3 Å². The summed E-state index contributed by atoms with van der Waals surface area (Å²) in [7, 11) is 0. The Kier molecular flexibility index (Phi) is 7.36. The van der Waals surface area contributed by atoms with E-state index in [2.05, 4.69) is 5.32 Å². The van der Waals surface area contributed by atoms with Crippen LogP contribution in [0, 0.1) is 6.92 Å². The standard InChI is InChI=1S/C19H21NO6S/c1-4-24-18(22)15-12(2)16(27-17(15)20-13(3)21)19(23)26-11-10-25-14-8-6-5-7-9-14/h5-9H,4,10-11H2,1-3H3,(H,20,21). The molecule has 0 aliphatic heterocycles. The van der Waals surface area contributed by atoms with Gasteiger partial charge in [-0.3, -0.25) is 4.79 Å². The van der Waals surface area contributed by atoms with Gasteiger partial charge in [0.1, 0.15) is 28.8 Å². The zero-order valence-corrected chi connectivity index (χ0v) is 16.2. The van der Waals surface area contributed by atoms with E-state index in [9.17, 15) is 14.4 Å². The summed E-state index contributed by atoms with van der Waals surface area (Å²) in [4.78, 5) is 36.2. The first-order valence-electron chi connectivity index (χ1n) is 8.37. The number of benzene rings is 1. The summed E-state index contributed by atoms with van der Waals surface area (Å²) < 4.78 is 15.7. The maximum absolute atomic E-state index is 12.4. The minimum atomic E-state index is -0.596. The first kappa shape index (κ1) is 20.4. The molecular formula is C19H21NO6S. The Balaban J connectivity index is 2.06. The first-order valence-corrected chi connectivity index (χ1v) is 9.18. The molecule has 0 atom stereocenters. The molecule has 0 fully saturated rings. The number of hydrogen-bond acceptors (Lipinski definition) is 7. The molecule has 8 heteroatoms. The zero-order valence-electron chi connectivity index (χ0n) is 15.4. The molecule has 0 spiro atoms. The Labute approximate surface area is 161 Å². The third-order valence-corrected chi connectivity index (χ3v) is 4.62. The number of amides is 1. The lowest BCUT2D eigenvalue weighted by Gasteiger charge is -2.07. The minimum absolute atomic E-state index is 0.0509. The zero-order chi connectivity index (χ0) is 19.8.